The Balaban J connectivity index is 1.34. The van der Waals surface area contributed by atoms with E-state index >= 15 is 0 Å². The summed E-state index contributed by atoms with van der Waals surface area (Å²) in [6.45, 7) is 6.01. The van der Waals surface area contributed by atoms with Gasteiger partial charge in [-0.3, -0.25) is 9.59 Å². The molecule has 2 unspecified atom stereocenters. The number of hydrogen-bond donors (Lipinski definition) is 1. The SMILES string of the molecule is Cc1ccc(C2=NN(C3=NC(=O)C(CC(=O)Nc4ccc(C)c(Cl)c4)S3)C(c3ccc(C)cc3)C2)cc1. The second-order valence-corrected chi connectivity index (χ2v) is 11.0. The van der Waals surface area contributed by atoms with Crippen LogP contribution in [-0.2, 0) is 9.59 Å². The number of amides is 2. The number of hydrogen-bond acceptors (Lipinski definition) is 5. The minimum absolute atomic E-state index is 0.0135. The maximum atomic E-state index is 12.8. The van der Waals surface area contributed by atoms with Crippen LogP contribution in [-0.4, -0.2) is 33.0 Å². The maximum Gasteiger partial charge on any atom is 0.262 e. The average Bonchev–Trinajstić information content (AvgIpc) is 3.46. The lowest BCUT2D eigenvalue weighted by atomic mass is 9.97. The molecule has 0 aromatic heterocycles. The van der Waals surface area contributed by atoms with Crippen molar-refractivity contribution in [2.24, 2.45) is 10.1 Å². The van der Waals surface area contributed by atoms with Crippen molar-refractivity contribution in [2.45, 2.75) is 44.9 Å². The van der Waals surface area contributed by atoms with E-state index in [1.807, 2.05) is 18.0 Å². The van der Waals surface area contributed by atoms with Crippen LogP contribution in [0.1, 0.15) is 46.7 Å². The normalized spacial score (nSPS) is 19.1. The molecule has 0 aliphatic carbocycles. The Labute approximate surface area is 225 Å². The Morgan fingerprint density at radius 1 is 1.03 bits per heavy atom. The molecule has 0 saturated carbocycles. The highest BCUT2D eigenvalue weighted by atomic mass is 35.5. The zero-order valence-electron chi connectivity index (χ0n) is 20.9. The van der Waals surface area contributed by atoms with Crippen molar-refractivity contribution in [1.82, 2.24) is 5.01 Å². The third-order valence-corrected chi connectivity index (χ3v) is 8.06. The molecule has 2 amide bonds. The quantitative estimate of drug-likeness (QED) is 0.411. The highest BCUT2D eigenvalue weighted by molar-refractivity contribution is 8.15. The summed E-state index contributed by atoms with van der Waals surface area (Å²) in [6.07, 6.45) is 0.707. The number of rotatable bonds is 5. The van der Waals surface area contributed by atoms with Crippen molar-refractivity contribution in [1.29, 1.82) is 0 Å². The van der Waals surface area contributed by atoms with Gasteiger partial charge in [-0.1, -0.05) is 89.1 Å². The number of halogens is 1. The second kappa shape index (κ2) is 10.5. The van der Waals surface area contributed by atoms with Gasteiger partial charge in [-0.25, -0.2) is 5.01 Å². The monoisotopic (exact) mass is 530 g/mol. The molecule has 2 aliphatic heterocycles. The first-order valence-electron chi connectivity index (χ1n) is 12.1. The topological polar surface area (TPSA) is 74.1 Å². The van der Waals surface area contributed by atoms with Gasteiger partial charge < -0.3 is 5.32 Å². The molecule has 3 aromatic carbocycles. The Hall–Kier alpha value is -3.42. The summed E-state index contributed by atoms with van der Waals surface area (Å²) >= 11 is 7.47. The number of benzene rings is 3. The lowest BCUT2D eigenvalue weighted by molar-refractivity contribution is -0.121. The van der Waals surface area contributed by atoms with Gasteiger partial charge in [0.05, 0.1) is 11.8 Å². The predicted octanol–water partition coefficient (Wildman–Crippen LogP) is 6.44. The Bertz CT molecular complexity index is 1420. The Morgan fingerprint density at radius 3 is 2.38 bits per heavy atom. The number of hydrazone groups is 1. The molecular weight excluding hydrogens is 504 g/mol. The fourth-order valence-corrected chi connectivity index (χ4v) is 5.55. The summed E-state index contributed by atoms with van der Waals surface area (Å²) in [4.78, 5) is 29.9. The van der Waals surface area contributed by atoms with E-state index in [1.165, 1.54) is 22.9 Å². The van der Waals surface area contributed by atoms with Crippen molar-refractivity contribution < 1.29 is 9.59 Å². The molecular formula is C29H27ClN4O2S. The van der Waals surface area contributed by atoms with Crippen LogP contribution in [0.5, 0.6) is 0 Å². The molecule has 188 valence electrons. The first-order valence-corrected chi connectivity index (χ1v) is 13.4. The van der Waals surface area contributed by atoms with Crippen LogP contribution in [0, 0.1) is 20.8 Å². The molecule has 0 radical (unpaired) electrons. The molecule has 6 nitrogen and oxygen atoms in total. The number of thioether (sulfide) groups is 1. The molecule has 2 heterocycles. The van der Waals surface area contributed by atoms with Gasteiger partial charge in [0.15, 0.2) is 5.17 Å². The molecule has 37 heavy (non-hydrogen) atoms. The first-order chi connectivity index (χ1) is 17.8. The molecule has 0 spiro atoms. The van der Waals surface area contributed by atoms with Gasteiger partial charge >= 0.3 is 0 Å². The van der Waals surface area contributed by atoms with Crippen molar-refractivity contribution in [2.75, 3.05) is 5.32 Å². The van der Waals surface area contributed by atoms with E-state index in [4.69, 9.17) is 16.7 Å². The number of carbonyl (C=O) groups is 2. The number of anilines is 1. The number of nitrogens with zero attached hydrogens (tertiary/aromatic N) is 3. The molecule has 2 aliphatic rings. The van der Waals surface area contributed by atoms with E-state index in [9.17, 15) is 9.59 Å². The lowest BCUT2D eigenvalue weighted by Gasteiger charge is -2.23. The fourth-order valence-electron chi connectivity index (χ4n) is 4.31. The highest BCUT2D eigenvalue weighted by Crippen LogP contribution is 2.38. The molecule has 0 bridgehead atoms. The summed E-state index contributed by atoms with van der Waals surface area (Å²) in [6, 6.07) is 21.9. The standard InChI is InChI=1S/C29H27ClN4O2S/c1-17-4-9-20(10-5-17)24-15-25(21-11-6-18(2)7-12-21)34(33-24)29-32-28(36)26(37-29)16-27(35)31-22-13-8-19(3)23(30)14-22/h4-14,25-26H,15-16H2,1-3H3,(H,31,35). The predicted molar refractivity (Wildman–Crippen MR) is 151 cm³/mol. The van der Waals surface area contributed by atoms with Crippen molar-refractivity contribution >= 4 is 51.7 Å². The smallest absolute Gasteiger partial charge is 0.262 e. The number of aliphatic imine (C=N–C) groups is 1. The third-order valence-electron chi connectivity index (χ3n) is 6.51. The van der Waals surface area contributed by atoms with Crippen LogP contribution in [0.15, 0.2) is 76.8 Å². The zero-order valence-corrected chi connectivity index (χ0v) is 22.4. The average molecular weight is 531 g/mol. The molecule has 0 fully saturated rings. The largest absolute Gasteiger partial charge is 0.326 e. The van der Waals surface area contributed by atoms with Gasteiger partial charge in [0.2, 0.25) is 5.91 Å². The Kier molecular flexibility index (Phi) is 7.17. The van der Waals surface area contributed by atoms with Crippen LogP contribution in [0.4, 0.5) is 5.69 Å². The minimum Gasteiger partial charge on any atom is -0.326 e. The Morgan fingerprint density at radius 2 is 1.70 bits per heavy atom. The molecule has 3 aromatic rings. The molecule has 5 rings (SSSR count). The van der Waals surface area contributed by atoms with E-state index in [2.05, 4.69) is 72.7 Å². The van der Waals surface area contributed by atoms with Gasteiger partial charge in [-0.05, 0) is 49.6 Å². The molecule has 0 saturated heterocycles. The lowest BCUT2D eigenvalue weighted by Crippen LogP contribution is -2.25. The molecule has 2 atom stereocenters. The molecule has 8 heteroatoms. The summed E-state index contributed by atoms with van der Waals surface area (Å²) in [7, 11) is 0. The number of carbonyl (C=O) groups excluding carboxylic acids is 2. The fraction of sp³-hybridized carbons (Fsp3) is 0.241. The van der Waals surface area contributed by atoms with E-state index in [0.29, 0.717) is 22.3 Å². The maximum absolute atomic E-state index is 12.8. The summed E-state index contributed by atoms with van der Waals surface area (Å²) < 4.78 is 0. The van der Waals surface area contributed by atoms with Crippen molar-refractivity contribution in [3.63, 3.8) is 0 Å². The van der Waals surface area contributed by atoms with Crippen LogP contribution < -0.4 is 5.32 Å². The van der Waals surface area contributed by atoms with E-state index in [-0.39, 0.29) is 24.3 Å². The van der Waals surface area contributed by atoms with Crippen LogP contribution in [0.25, 0.3) is 0 Å². The van der Waals surface area contributed by atoms with Crippen LogP contribution in [0.3, 0.4) is 0 Å². The number of amidine groups is 1. The number of aryl methyl sites for hydroxylation is 3. The van der Waals surface area contributed by atoms with Gasteiger partial charge in [-0.15, -0.1) is 0 Å². The molecule has 1 N–H and O–H groups in total. The van der Waals surface area contributed by atoms with Gasteiger partial charge in [0.1, 0.15) is 5.25 Å². The van der Waals surface area contributed by atoms with Gasteiger partial charge in [-0.2, -0.15) is 10.1 Å². The third kappa shape index (κ3) is 5.63. The van der Waals surface area contributed by atoms with E-state index in [1.54, 1.807) is 12.1 Å². The summed E-state index contributed by atoms with van der Waals surface area (Å²) in [5.74, 6) is -0.582. The second-order valence-electron chi connectivity index (χ2n) is 9.44. The van der Waals surface area contributed by atoms with E-state index < -0.39 is 5.25 Å². The number of nitrogens with one attached hydrogen (secondary N) is 1. The van der Waals surface area contributed by atoms with Crippen LogP contribution >= 0.6 is 23.4 Å². The zero-order chi connectivity index (χ0) is 26.1. The van der Waals surface area contributed by atoms with Crippen LogP contribution in [0.2, 0.25) is 5.02 Å². The van der Waals surface area contributed by atoms with Crippen molar-refractivity contribution in [3.05, 3.63) is 99.6 Å². The van der Waals surface area contributed by atoms with Gasteiger partial charge in [0, 0.05) is 23.6 Å². The highest BCUT2D eigenvalue weighted by Gasteiger charge is 2.39. The van der Waals surface area contributed by atoms with Crippen molar-refractivity contribution in [3.8, 4) is 0 Å². The van der Waals surface area contributed by atoms with Gasteiger partial charge in [0.25, 0.3) is 5.91 Å². The summed E-state index contributed by atoms with van der Waals surface area (Å²) in [5.41, 5.74) is 6.99. The summed E-state index contributed by atoms with van der Waals surface area (Å²) in [5, 5.41) is 10.1. The first kappa shape index (κ1) is 25.2. The van der Waals surface area contributed by atoms with E-state index in [0.717, 1.165) is 22.4 Å². The minimum atomic E-state index is -0.604.